The molecule has 0 bridgehead atoms. The minimum Gasteiger partial charge on any atom is -0.309 e. The Bertz CT molecular complexity index is 3440. The Morgan fingerprint density at radius 2 is 0.841 bits per heavy atom. The molecule has 1 aromatic heterocycles. The molecule has 1 aliphatic carbocycles. The zero-order valence-electron chi connectivity index (χ0n) is 34.7. The maximum absolute atomic E-state index is 2.46. The van der Waals surface area contributed by atoms with Crippen LogP contribution in [0.1, 0.15) is 11.1 Å². The van der Waals surface area contributed by atoms with Crippen LogP contribution in [-0.4, -0.2) is 4.57 Å². The van der Waals surface area contributed by atoms with E-state index in [1.54, 1.807) is 0 Å². The molecule has 0 aliphatic heterocycles. The van der Waals surface area contributed by atoms with E-state index in [4.69, 9.17) is 0 Å². The first-order valence-electron chi connectivity index (χ1n) is 21.8. The number of benzene rings is 10. The highest BCUT2D eigenvalue weighted by atomic mass is 31.1. The first kappa shape index (κ1) is 37.2. The smallest absolute Gasteiger partial charge is 0.0541 e. The number of hydrogen-bond donors (Lipinski definition) is 0. The van der Waals surface area contributed by atoms with Crippen LogP contribution in [0, 0.1) is 0 Å². The van der Waals surface area contributed by atoms with E-state index < -0.39 is 7.92 Å². The predicted molar refractivity (Wildman–Crippen MR) is 269 cm³/mol. The van der Waals surface area contributed by atoms with Crippen molar-refractivity contribution in [1.82, 2.24) is 4.57 Å². The van der Waals surface area contributed by atoms with Crippen molar-refractivity contribution in [2.24, 2.45) is 0 Å². The summed E-state index contributed by atoms with van der Waals surface area (Å²) in [6.07, 6.45) is 0.918. The number of rotatable bonds is 8. The van der Waals surface area contributed by atoms with Crippen LogP contribution in [0.5, 0.6) is 0 Å². The van der Waals surface area contributed by atoms with Crippen LogP contribution in [0.3, 0.4) is 0 Å². The topological polar surface area (TPSA) is 4.93 Å². The molecule has 11 aromatic rings. The van der Waals surface area contributed by atoms with Crippen molar-refractivity contribution in [2.45, 2.75) is 6.42 Å². The maximum atomic E-state index is 2.46. The third-order valence-electron chi connectivity index (χ3n) is 12.8. The Morgan fingerprint density at radius 3 is 1.56 bits per heavy atom. The van der Waals surface area contributed by atoms with Gasteiger partial charge in [-0.15, -0.1) is 0 Å². The SMILES string of the molecule is c1ccc(-c2cccc(-c3cccc(-c4ccc5c(c4)-c4cccc(-c6cccc(-n7c8ccccc8c8cc(P(c9ccccc9)c9ccccc9)ccc87)c6)c4C5)c3)c2)cc1. The first-order valence-corrected chi connectivity index (χ1v) is 23.1. The van der Waals surface area contributed by atoms with E-state index in [-0.39, 0.29) is 0 Å². The molecule has 12 rings (SSSR count). The molecule has 63 heavy (non-hydrogen) atoms. The van der Waals surface area contributed by atoms with E-state index in [0.717, 1.165) is 6.42 Å². The van der Waals surface area contributed by atoms with Gasteiger partial charge >= 0.3 is 0 Å². The monoisotopic (exact) mass is 819 g/mol. The lowest BCUT2D eigenvalue weighted by Crippen LogP contribution is -2.20. The molecule has 0 atom stereocenters. The van der Waals surface area contributed by atoms with Crippen molar-refractivity contribution < 1.29 is 0 Å². The molecule has 0 fully saturated rings. The van der Waals surface area contributed by atoms with Crippen molar-refractivity contribution in [3.05, 3.63) is 254 Å². The molecule has 2 heteroatoms. The number of hydrogen-bond acceptors (Lipinski definition) is 0. The maximum Gasteiger partial charge on any atom is 0.0541 e. The van der Waals surface area contributed by atoms with Crippen molar-refractivity contribution in [1.29, 1.82) is 0 Å². The van der Waals surface area contributed by atoms with E-state index in [1.807, 2.05) is 0 Å². The van der Waals surface area contributed by atoms with Crippen LogP contribution in [-0.2, 0) is 6.42 Å². The molecule has 1 nitrogen and oxygen atoms in total. The number of para-hydroxylation sites is 1. The molecule has 0 N–H and O–H groups in total. The summed E-state index contributed by atoms with van der Waals surface area (Å²) >= 11 is 0. The van der Waals surface area contributed by atoms with Crippen LogP contribution in [0.15, 0.2) is 243 Å². The highest BCUT2D eigenvalue weighted by Crippen LogP contribution is 2.44. The van der Waals surface area contributed by atoms with E-state index >= 15 is 0 Å². The largest absolute Gasteiger partial charge is 0.309 e. The second kappa shape index (κ2) is 15.7. The summed E-state index contributed by atoms with van der Waals surface area (Å²) in [6, 6.07) is 89.6. The Kier molecular flexibility index (Phi) is 9.28. The fraction of sp³-hybridized carbons (Fsp3) is 0.0164. The zero-order chi connectivity index (χ0) is 41.7. The molecule has 0 saturated carbocycles. The van der Waals surface area contributed by atoms with Crippen LogP contribution >= 0.6 is 7.92 Å². The number of nitrogens with zero attached hydrogens (tertiary/aromatic N) is 1. The van der Waals surface area contributed by atoms with Crippen LogP contribution in [0.25, 0.3) is 83.1 Å². The van der Waals surface area contributed by atoms with E-state index in [1.165, 1.54) is 110 Å². The summed E-state index contributed by atoms with van der Waals surface area (Å²) in [5.41, 5.74) is 19.0. The van der Waals surface area contributed by atoms with Gasteiger partial charge in [-0.3, -0.25) is 0 Å². The van der Waals surface area contributed by atoms with Crippen LogP contribution in [0.2, 0.25) is 0 Å². The highest BCUT2D eigenvalue weighted by Gasteiger charge is 2.24. The van der Waals surface area contributed by atoms with Gasteiger partial charge in [-0.2, -0.15) is 0 Å². The summed E-state index contributed by atoms with van der Waals surface area (Å²) < 4.78 is 2.46. The van der Waals surface area contributed by atoms with Gasteiger partial charge in [0.05, 0.1) is 11.0 Å². The molecular weight excluding hydrogens is 778 g/mol. The molecule has 296 valence electrons. The fourth-order valence-corrected chi connectivity index (χ4v) is 12.1. The lowest BCUT2D eigenvalue weighted by molar-refractivity contribution is 1.18. The summed E-state index contributed by atoms with van der Waals surface area (Å²) in [5, 5.41) is 6.63. The van der Waals surface area contributed by atoms with Crippen LogP contribution < -0.4 is 15.9 Å². The van der Waals surface area contributed by atoms with Gasteiger partial charge in [-0.25, -0.2) is 0 Å². The lowest BCUT2D eigenvalue weighted by atomic mass is 9.94. The summed E-state index contributed by atoms with van der Waals surface area (Å²) in [6.45, 7) is 0. The summed E-state index contributed by atoms with van der Waals surface area (Å²) in [7, 11) is -0.722. The Labute approximate surface area is 370 Å². The zero-order valence-corrected chi connectivity index (χ0v) is 35.6. The van der Waals surface area contributed by atoms with Crippen molar-refractivity contribution in [3.63, 3.8) is 0 Å². The average molecular weight is 820 g/mol. The Morgan fingerprint density at radius 1 is 0.302 bits per heavy atom. The molecule has 1 heterocycles. The molecule has 0 unspecified atom stereocenters. The number of aromatic nitrogens is 1. The van der Waals surface area contributed by atoms with E-state index in [9.17, 15) is 0 Å². The second-order valence-electron chi connectivity index (χ2n) is 16.5. The van der Waals surface area contributed by atoms with Crippen molar-refractivity contribution in [2.75, 3.05) is 0 Å². The number of fused-ring (bicyclic) bond motifs is 6. The van der Waals surface area contributed by atoms with Gasteiger partial charge in [0.2, 0.25) is 0 Å². The quantitative estimate of drug-likeness (QED) is 0.135. The lowest BCUT2D eigenvalue weighted by Gasteiger charge is -2.19. The first-order chi connectivity index (χ1) is 31.2. The van der Waals surface area contributed by atoms with Crippen LogP contribution in [0.4, 0.5) is 0 Å². The minimum atomic E-state index is -0.722. The molecule has 10 aromatic carbocycles. The Hall–Kier alpha value is -7.57. The van der Waals surface area contributed by atoms with Gasteiger partial charge in [0.15, 0.2) is 0 Å². The molecule has 0 saturated heterocycles. The van der Waals surface area contributed by atoms with E-state index in [2.05, 4.69) is 247 Å². The van der Waals surface area contributed by atoms with Crippen molar-refractivity contribution >= 4 is 45.6 Å². The molecule has 0 amide bonds. The van der Waals surface area contributed by atoms with Crippen molar-refractivity contribution in [3.8, 4) is 61.3 Å². The third-order valence-corrected chi connectivity index (χ3v) is 15.2. The second-order valence-corrected chi connectivity index (χ2v) is 18.7. The molecule has 0 radical (unpaired) electrons. The average Bonchev–Trinajstić information content (AvgIpc) is 3.90. The van der Waals surface area contributed by atoms with Gasteiger partial charge < -0.3 is 4.57 Å². The summed E-state index contributed by atoms with van der Waals surface area (Å²) in [5.74, 6) is 0. The standard InChI is InChI=1S/C61H42NP/c1-4-16-42(17-5-1)43-18-12-19-44(36-43)45-20-13-21-46(37-45)47-32-33-49-40-58-54(29-15-30-55(58)57(49)39-47)48-22-14-23-50(38-48)62-60-31-11-10-28-56(60)59-41-53(34-35-61(59)62)63(51-24-6-2-7-25-51)52-26-8-3-9-27-52/h1-39,41H,40H2. The Balaban J connectivity index is 0.902. The predicted octanol–water partition coefficient (Wildman–Crippen LogP) is 14.8. The highest BCUT2D eigenvalue weighted by molar-refractivity contribution is 7.79. The molecule has 0 spiro atoms. The van der Waals surface area contributed by atoms with Gasteiger partial charge in [0.25, 0.3) is 0 Å². The fourth-order valence-electron chi connectivity index (χ4n) is 9.83. The third kappa shape index (κ3) is 6.70. The normalized spacial score (nSPS) is 11.9. The van der Waals surface area contributed by atoms with Gasteiger partial charge in [0, 0.05) is 16.5 Å². The summed E-state index contributed by atoms with van der Waals surface area (Å²) in [4.78, 5) is 0. The molecular formula is C61H42NP. The van der Waals surface area contributed by atoms with E-state index in [0.29, 0.717) is 0 Å². The van der Waals surface area contributed by atoms with Gasteiger partial charge in [-0.1, -0.05) is 194 Å². The van der Waals surface area contributed by atoms with Gasteiger partial charge in [0.1, 0.15) is 0 Å². The minimum absolute atomic E-state index is 0.722. The molecule has 1 aliphatic rings. The van der Waals surface area contributed by atoms with Gasteiger partial charge in [-0.05, 0) is 146 Å².